The maximum atomic E-state index is 14.7. The van der Waals surface area contributed by atoms with Gasteiger partial charge < -0.3 is 14.2 Å². The number of alkyl halides is 3. The monoisotopic (exact) mass is 407 g/mol. The summed E-state index contributed by atoms with van der Waals surface area (Å²) in [6.07, 6.45) is -4.83. The van der Waals surface area contributed by atoms with Gasteiger partial charge in [0.05, 0.1) is 18.2 Å². The third-order valence-corrected chi connectivity index (χ3v) is 4.41. The van der Waals surface area contributed by atoms with Crippen molar-refractivity contribution < 1.29 is 31.6 Å². The normalized spacial score (nSPS) is 17.6. The largest absolute Gasteiger partial charge is 0.471 e. The first-order valence-corrected chi connectivity index (χ1v) is 8.50. The predicted molar refractivity (Wildman–Crippen MR) is 92.2 cm³/mol. The Bertz CT molecular complexity index is 1040. The lowest BCUT2D eigenvalue weighted by Gasteiger charge is -2.36. The van der Waals surface area contributed by atoms with Crippen LogP contribution in [-0.2, 0) is 15.7 Å². The molecule has 1 fully saturated rings. The molecular formula is C19H13F4N3O3. The molecule has 0 N–H and O–H groups in total. The van der Waals surface area contributed by atoms with Gasteiger partial charge in [0.25, 0.3) is 5.91 Å². The van der Waals surface area contributed by atoms with Crippen molar-refractivity contribution in [3.63, 3.8) is 0 Å². The molecule has 0 radical (unpaired) electrons. The van der Waals surface area contributed by atoms with E-state index in [-0.39, 0.29) is 30.4 Å². The highest BCUT2D eigenvalue weighted by atomic mass is 19.4. The smallest absolute Gasteiger partial charge is 0.369 e. The molecule has 0 bridgehead atoms. The van der Waals surface area contributed by atoms with Gasteiger partial charge >= 0.3 is 12.1 Å². The quantitative estimate of drug-likeness (QED) is 0.614. The number of hydrogen-bond donors (Lipinski definition) is 0. The number of carbonyl (C=O) groups excluding carboxylic acids is 1. The van der Waals surface area contributed by atoms with Gasteiger partial charge in [-0.1, -0.05) is 35.5 Å². The van der Waals surface area contributed by atoms with Crippen LogP contribution in [0.1, 0.15) is 17.5 Å². The molecule has 0 aliphatic carbocycles. The molecule has 10 heteroatoms. The number of rotatable bonds is 3. The minimum absolute atomic E-state index is 0.160. The second-order valence-corrected chi connectivity index (χ2v) is 6.29. The number of aromatic nitrogens is 2. The number of amides is 1. The number of morpholine rings is 1. The first kappa shape index (κ1) is 19.1. The van der Waals surface area contributed by atoms with E-state index in [2.05, 4.69) is 14.7 Å². The summed E-state index contributed by atoms with van der Waals surface area (Å²) >= 11 is 0. The number of hydrogen-bond acceptors (Lipinski definition) is 5. The molecule has 29 heavy (non-hydrogen) atoms. The van der Waals surface area contributed by atoms with Crippen molar-refractivity contribution in [3.05, 3.63) is 65.8 Å². The van der Waals surface area contributed by atoms with Crippen LogP contribution in [0.5, 0.6) is 0 Å². The van der Waals surface area contributed by atoms with Crippen LogP contribution in [0, 0.1) is 5.82 Å². The molecule has 1 amide bonds. The Labute approximate surface area is 161 Å². The van der Waals surface area contributed by atoms with E-state index >= 15 is 0 Å². The molecule has 150 valence electrons. The van der Waals surface area contributed by atoms with E-state index in [0.717, 1.165) is 11.6 Å². The molecule has 0 saturated carbocycles. The van der Waals surface area contributed by atoms with Crippen molar-refractivity contribution in [3.8, 4) is 11.4 Å². The van der Waals surface area contributed by atoms with E-state index in [9.17, 15) is 22.4 Å². The van der Waals surface area contributed by atoms with Gasteiger partial charge in [-0.3, -0.25) is 4.79 Å². The molecule has 6 nitrogen and oxygen atoms in total. The van der Waals surface area contributed by atoms with Crippen molar-refractivity contribution in [2.45, 2.75) is 12.2 Å². The van der Waals surface area contributed by atoms with Crippen LogP contribution in [0.2, 0.25) is 0 Å². The fraction of sp³-hybridized carbons (Fsp3) is 0.211. The summed E-state index contributed by atoms with van der Waals surface area (Å²) in [4.78, 5) is 17.1. The van der Waals surface area contributed by atoms with E-state index in [1.807, 2.05) is 30.3 Å². The lowest BCUT2D eigenvalue weighted by atomic mass is 10.0. The number of halogens is 4. The van der Waals surface area contributed by atoms with Crippen LogP contribution >= 0.6 is 0 Å². The molecule has 1 aromatic heterocycles. The average Bonchev–Trinajstić information content (AvgIpc) is 3.19. The summed E-state index contributed by atoms with van der Waals surface area (Å²) in [6.45, 7) is 0.0609. The maximum Gasteiger partial charge on any atom is 0.471 e. The highest BCUT2D eigenvalue weighted by molar-refractivity contribution is 5.96. The lowest BCUT2D eigenvalue weighted by Crippen LogP contribution is -2.44. The van der Waals surface area contributed by atoms with Gasteiger partial charge in [-0.15, -0.1) is 0 Å². The zero-order valence-electron chi connectivity index (χ0n) is 14.7. The van der Waals surface area contributed by atoms with E-state index in [1.54, 1.807) is 0 Å². The highest BCUT2D eigenvalue weighted by Gasteiger charge is 2.39. The summed E-state index contributed by atoms with van der Waals surface area (Å²) < 4.78 is 62.0. The number of carbonyl (C=O) groups is 1. The Morgan fingerprint density at radius 1 is 1.10 bits per heavy atom. The Hall–Kier alpha value is -3.27. The van der Waals surface area contributed by atoms with Gasteiger partial charge in [0, 0.05) is 5.69 Å². The molecule has 2 aromatic carbocycles. The minimum Gasteiger partial charge on any atom is -0.369 e. The lowest BCUT2D eigenvalue weighted by molar-refractivity contribution is -0.159. The topological polar surface area (TPSA) is 68.5 Å². The fourth-order valence-electron chi connectivity index (χ4n) is 3.10. The van der Waals surface area contributed by atoms with Crippen LogP contribution < -0.4 is 4.90 Å². The zero-order chi connectivity index (χ0) is 20.6. The first-order chi connectivity index (χ1) is 13.8. The minimum atomic E-state index is -4.83. The van der Waals surface area contributed by atoms with E-state index < -0.39 is 29.8 Å². The summed E-state index contributed by atoms with van der Waals surface area (Å²) in [7, 11) is 0. The summed E-state index contributed by atoms with van der Waals surface area (Å²) in [5, 5.41) is 3.19. The van der Waals surface area contributed by atoms with E-state index in [1.165, 1.54) is 17.0 Å². The Morgan fingerprint density at radius 3 is 2.52 bits per heavy atom. The van der Waals surface area contributed by atoms with Gasteiger partial charge in [-0.05, 0) is 23.8 Å². The maximum absolute atomic E-state index is 14.7. The standard InChI is InChI=1S/C19H13F4N3O3/c20-14-8-12(6-7-13(14)17-24-18(29-25-17)19(21,22)23)26-15(9-28-10-16(26)27)11-4-2-1-3-5-11/h1-8,15H,9-10H2/t15-/m0/s1. The molecule has 0 unspecified atom stereocenters. The Kier molecular flexibility index (Phi) is 4.79. The zero-order valence-corrected chi connectivity index (χ0v) is 14.7. The van der Waals surface area contributed by atoms with Crippen molar-refractivity contribution >= 4 is 11.6 Å². The predicted octanol–water partition coefficient (Wildman–Crippen LogP) is 4.00. The second kappa shape index (κ2) is 7.28. The molecule has 1 atom stereocenters. The van der Waals surface area contributed by atoms with Crippen LogP contribution in [0.15, 0.2) is 53.1 Å². The molecule has 1 aliphatic rings. The molecule has 1 saturated heterocycles. The number of anilines is 1. The third-order valence-electron chi connectivity index (χ3n) is 4.41. The van der Waals surface area contributed by atoms with Crippen molar-refractivity contribution in [2.24, 2.45) is 0 Å². The summed E-state index contributed by atoms with van der Waals surface area (Å²) in [5.41, 5.74) is 0.774. The van der Waals surface area contributed by atoms with Gasteiger partial charge in [-0.2, -0.15) is 18.2 Å². The van der Waals surface area contributed by atoms with Crippen LogP contribution in [0.3, 0.4) is 0 Å². The summed E-state index contributed by atoms with van der Waals surface area (Å²) in [6, 6.07) is 12.3. The molecule has 3 aromatic rings. The van der Waals surface area contributed by atoms with Gasteiger partial charge in [-0.25, -0.2) is 4.39 Å². The van der Waals surface area contributed by atoms with Crippen molar-refractivity contribution in [1.29, 1.82) is 0 Å². The number of benzene rings is 2. The van der Waals surface area contributed by atoms with Crippen LogP contribution in [-0.4, -0.2) is 29.3 Å². The SMILES string of the molecule is O=C1COC[C@@H](c2ccccc2)N1c1ccc(-c2noc(C(F)(F)F)n2)c(F)c1. The van der Waals surface area contributed by atoms with Gasteiger partial charge in [0.2, 0.25) is 5.82 Å². The van der Waals surface area contributed by atoms with E-state index in [4.69, 9.17) is 4.74 Å². The van der Waals surface area contributed by atoms with Crippen molar-refractivity contribution in [2.75, 3.05) is 18.1 Å². The van der Waals surface area contributed by atoms with Crippen LogP contribution in [0.25, 0.3) is 11.4 Å². The van der Waals surface area contributed by atoms with E-state index in [0.29, 0.717) is 0 Å². The van der Waals surface area contributed by atoms with Crippen molar-refractivity contribution in [1.82, 2.24) is 10.1 Å². The average molecular weight is 407 g/mol. The summed E-state index contributed by atoms with van der Waals surface area (Å²) in [5.74, 6) is -3.35. The second-order valence-electron chi connectivity index (χ2n) is 6.29. The number of ether oxygens (including phenoxy) is 1. The molecule has 4 rings (SSSR count). The number of nitrogens with zero attached hydrogens (tertiary/aromatic N) is 3. The fourth-order valence-corrected chi connectivity index (χ4v) is 3.10. The van der Waals surface area contributed by atoms with Gasteiger partial charge in [0.15, 0.2) is 0 Å². The molecule has 2 heterocycles. The molecule has 0 spiro atoms. The first-order valence-electron chi connectivity index (χ1n) is 8.50. The van der Waals surface area contributed by atoms with Crippen LogP contribution in [0.4, 0.5) is 23.2 Å². The molecule has 1 aliphatic heterocycles. The molecular weight excluding hydrogens is 394 g/mol. The highest BCUT2D eigenvalue weighted by Crippen LogP contribution is 2.34. The Balaban J connectivity index is 1.69. The Morgan fingerprint density at radius 2 is 1.86 bits per heavy atom. The van der Waals surface area contributed by atoms with Gasteiger partial charge in [0.1, 0.15) is 12.4 Å². The third kappa shape index (κ3) is 3.70.